The Morgan fingerprint density at radius 3 is 2.93 bits per heavy atom. The van der Waals surface area contributed by atoms with Crippen LogP contribution in [-0.2, 0) is 6.61 Å². The maximum absolute atomic E-state index is 8.72. The fourth-order valence-corrected chi connectivity index (χ4v) is 1.00. The number of nitrogens with zero attached hydrogens (tertiary/aromatic N) is 4. The molecule has 1 N–H and O–H groups in total. The van der Waals surface area contributed by atoms with Crippen LogP contribution < -0.4 is 0 Å². The summed E-state index contributed by atoms with van der Waals surface area (Å²) in [4.78, 5) is 12.0. The third-order valence-electron chi connectivity index (χ3n) is 1.61. The summed E-state index contributed by atoms with van der Waals surface area (Å²) < 4.78 is 4.74. The summed E-state index contributed by atoms with van der Waals surface area (Å²) in [7, 11) is 0. The third-order valence-corrected chi connectivity index (χ3v) is 1.61. The Kier molecular flexibility index (Phi) is 2.19. The maximum Gasteiger partial charge on any atom is 0.252 e. The van der Waals surface area contributed by atoms with Crippen molar-refractivity contribution in [2.45, 2.75) is 13.5 Å². The maximum atomic E-state index is 8.72. The molecule has 0 fully saturated rings. The highest BCUT2D eigenvalue weighted by Crippen LogP contribution is 2.11. The van der Waals surface area contributed by atoms with Gasteiger partial charge in [0.05, 0.1) is 0 Å². The largest absolute Gasteiger partial charge is 0.387 e. The first-order valence-corrected chi connectivity index (χ1v) is 4.03. The number of hydrogen-bond donors (Lipinski definition) is 1. The predicted molar refractivity (Wildman–Crippen MR) is 46.0 cm³/mol. The SMILES string of the molecule is Cc1nccc(-c2noc(CO)n2)n1. The third kappa shape index (κ3) is 1.60. The molecular weight excluding hydrogens is 184 g/mol. The second-order valence-corrected chi connectivity index (χ2v) is 2.66. The molecule has 0 aliphatic carbocycles. The second-order valence-electron chi connectivity index (χ2n) is 2.66. The zero-order valence-corrected chi connectivity index (χ0v) is 7.51. The standard InChI is InChI=1S/C8H8N4O2/c1-5-9-3-2-6(10-5)8-11-7(4-13)14-12-8/h2-3,13H,4H2,1H3. The first-order valence-electron chi connectivity index (χ1n) is 4.03. The number of aryl methyl sites for hydroxylation is 1. The number of hydrogen-bond acceptors (Lipinski definition) is 6. The molecule has 0 amide bonds. The smallest absolute Gasteiger partial charge is 0.252 e. The van der Waals surface area contributed by atoms with Gasteiger partial charge in [-0.15, -0.1) is 0 Å². The Morgan fingerprint density at radius 2 is 2.29 bits per heavy atom. The van der Waals surface area contributed by atoms with Crippen molar-refractivity contribution in [3.63, 3.8) is 0 Å². The zero-order valence-electron chi connectivity index (χ0n) is 7.51. The molecule has 0 aliphatic heterocycles. The lowest BCUT2D eigenvalue weighted by atomic mass is 10.4. The van der Waals surface area contributed by atoms with E-state index in [9.17, 15) is 0 Å². The average Bonchev–Trinajstić information content (AvgIpc) is 2.66. The van der Waals surface area contributed by atoms with E-state index in [0.717, 1.165) is 0 Å². The van der Waals surface area contributed by atoms with Crippen LogP contribution in [0.2, 0.25) is 0 Å². The number of aliphatic hydroxyl groups is 1. The van der Waals surface area contributed by atoms with E-state index in [1.54, 1.807) is 19.2 Å². The normalized spacial score (nSPS) is 10.4. The molecule has 2 aromatic rings. The summed E-state index contributed by atoms with van der Waals surface area (Å²) >= 11 is 0. The van der Waals surface area contributed by atoms with Crippen molar-refractivity contribution in [3.8, 4) is 11.5 Å². The van der Waals surface area contributed by atoms with Gasteiger partial charge in [0.1, 0.15) is 18.1 Å². The highest BCUT2D eigenvalue weighted by atomic mass is 16.5. The number of aliphatic hydroxyl groups excluding tert-OH is 1. The van der Waals surface area contributed by atoms with E-state index in [1.807, 2.05) is 0 Å². The van der Waals surface area contributed by atoms with Crippen molar-refractivity contribution in [2.24, 2.45) is 0 Å². The van der Waals surface area contributed by atoms with E-state index >= 15 is 0 Å². The van der Waals surface area contributed by atoms with Crippen LogP contribution in [0.5, 0.6) is 0 Å². The molecule has 0 bridgehead atoms. The number of rotatable bonds is 2. The monoisotopic (exact) mass is 192 g/mol. The van der Waals surface area contributed by atoms with E-state index in [-0.39, 0.29) is 12.5 Å². The first kappa shape index (κ1) is 8.76. The molecule has 6 heteroatoms. The molecule has 0 saturated carbocycles. The van der Waals surface area contributed by atoms with Gasteiger partial charge in [-0.25, -0.2) is 9.97 Å². The molecule has 0 spiro atoms. The van der Waals surface area contributed by atoms with Gasteiger partial charge in [0.25, 0.3) is 5.89 Å². The van der Waals surface area contributed by atoms with Crippen molar-refractivity contribution in [1.29, 1.82) is 0 Å². The lowest BCUT2D eigenvalue weighted by Crippen LogP contribution is -1.91. The van der Waals surface area contributed by atoms with Crippen molar-refractivity contribution < 1.29 is 9.63 Å². The second kappa shape index (κ2) is 3.51. The average molecular weight is 192 g/mol. The van der Waals surface area contributed by atoms with Gasteiger partial charge in [-0.1, -0.05) is 5.16 Å². The van der Waals surface area contributed by atoms with Crippen LogP contribution in [0.1, 0.15) is 11.7 Å². The van der Waals surface area contributed by atoms with Crippen molar-refractivity contribution in [2.75, 3.05) is 0 Å². The summed E-state index contributed by atoms with van der Waals surface area (Å²) in [5.74, 6) is 1.17. The Labute approximate surface area is 79.6 Å². The van der Waals surface area contributed by atoms with Gasteiger partial charge in [-0.05, 0) is 13.0 Å². The van der Waals surface area contributed by atoms with Crippen molar-refractivity contribution in [3.05, 3.63) is 24.0 Å². The van der Waals surface area contributed by atoms with Crippen LogP contribution in [0, 0.1) is 6.92 Å². The van der Waals surface area contributed by atoms with Crippen LogP contribution >= 0.6 is 0 Å². The molecule has 0 aliphatic rings. The molecular formula is C8H8N4O2. The van der Waals surface area contributed by atoms with Crippen molar-refractivity contribution >= 4 is 0 Å². The minimum Gasteiger partial charge on any atom is -0.387 e. The van der Waals surface area contributed by atoms with E-state index in [2.05, 4.69) is 20.1 Å². The molecule has 0 unspecified atom stereocenters. The van der Waals surface area contributed by atoms with Gasteiger partial charge in [-0.2, -0.15) is 4.98 Å². The van der Waals surface area contributed by atoms with Crippen LogP contribution in [0.25, 0.3) is 11.5 Å². The topological polar surface area (TPSA) is 84.9 Å². The summed E-state index contributed by atoms with van der Waals surface area (Å²) in [6.45, 7) is 1.51. The van der Waals surface area contributed by atoms with E-state index in [1.165, 1.54) is 0 Å². The summed E-state index contributed by atoms with van der Waals surface area (Å²) in [5.41, 5.74) is 0.584. The van der Waals surface area contributed by atoms with Gasteiger partial charge in [-0.3, -0.25) is 0 Å². The van der Waals surface area contributed by atoms with Gasteiger partial charge in [0, 0.05) is 6.20 Å². The van der Waals surface area contributed by atoms with Gasteiger partial charge < -0.3 is 9.63 Å². The zero-order chi connectivity index (χ0) is 9.97. The van der Waals surface area contributed by atoms with Gasteiger partial charge in [0.2, 0.25) is 5.82 Å². The predicted octanol–water partition coefficient (Wildman–Crippen LogP) is 0.327. The molecule has 0 aromatic carbocycles. The molecule has 2 heterocycles. The molecule has 14 heavy (non-hydrogen) atoms. The van der Waals surface area contributed by atoms with E-state index < -0.39 is 0 Å². The minimum atomic E-state index is -0.267. The first-order chi connectivity index (χ1) is 6.79. The molecule has 0 radical (unpaired) electrons. The van der Waals surface area contributed by atoms with Crippen molar-refractivity contribution in [1.82, 2.24) is 20.1 Å². The molecule has 6 nitrogen and oxygen atoms in total. The summed E-state index contributed by atoms with van der Waals surface area (Å²) in [5, 5.41) is 12.4. The minimum absolute atomic E-state index is 0.177. The molecule has 72 valence electrons. The molecule has 0 saturated heterocycles. The lowest BCUT2D eigenvalue weighted by Gasteiger charge is -1.93. The molecule has 0 atom stereocenters. The highest BCUT2D eigenvalue weighted by Gasteiger charge is 2.08. The Hall–Kier alpha value is -1.82. The van der Waals surface area contributed by atoms with Crippen LogP contribution in [0.4, 0.5) is 0 Å². The fraction of sp³-hybridized carbons (Fsp3) is 0.250. The molecule has 2 aromatic heterocycles. The molecule has 2 rings (SSSR count). The van der Waals surface area contributed by atoms with Gasteiger partial charge in [0.15, 0.2) is 0 Å². The Balaban J connectivity index is 2.39. The number of aromatic nitrogens is 4. The van der Waals surface area contributed by atoms with E-state index in [4.69, 9.17) is 9.63 Å². The highest BCUT2D eigenvalue weighted by molar-refractivity contribution is 5.46. The lowest BCUT2D eigenvalue weighted by molar-refractivity contribution is 0.222. The van der Waals surface area contributed by atoms with Crippen LogP contribution in [0.15, 0.2) is 16.8 Å². The van der Waals surface area contributed by atoms with Crippen LogP contribution in [-0.4, -0.2) is 25.2 Å². The van der Waals surface area contributed by atoms with E-state index in [0.29, 0.717) is 17.3 Å². The summed E-state index contributed by atoms with van der Waals surface area (Å²) in [6, 6.07) is 1.68. The quantitative estimate of drug-likeness (QED) is 0.737. The fourth-order valence-electron chi connectivity index (χ4n) is 1.00. The summed E-state index contributed by atoms with van der Waals surface area (Å²) in [6.07, 6.45) is 1.62. The van der Waals surface area contributed by atoms with Crippen LogP contribution in [0.3, 0.4) is 0 Å². The van der Waals surface area contributed by atoms with Gasteiger partial charge >= 0.3 is 0 Å². The Bertz CT molecular complexity index is 440. The Morgan fingerprint density at radius 1 is 1.43 bits per heavy atom.